The monoisotopic (exact) mass is 261 g/mol. The van der Waals surface area contributed by atoms with Crippen molar-refractivity contribution in [3.63, 3.8) is 0 Å². The second kappa shape index (κ2) is 6.50. The first-order valence-corrected chi connectivity index (χ1v) is 6.53. The third kappa shape index (κ3) is 3.22. The highest BCUT2D eigenvalue weighted by Crippen LogP contribution is 2.11. The van der Waals surface area contributed by atoms with Crippen LogP contribution in [0, 0.1) is 6.92 Å². The molecule has 1 heterocycles. The summed E-state index contributed by atoms with van der Waals surface area (Å²) in [6.07, 6.45) is 1.57. The third-order valence-corrected chi connectivity index (χ3v) is 3.19. The highest BCUT2D eigenvalue weighted by atomic mass is 16.5. The summed E-state index contributed by atoms with van der Waals surface area (Å²) < 4.78 is 5.53. The highest BCUT2D eigenvalue weighted by Gasteiger charge is 2.07. The Morgan fingerprint density at radius 3 is 2.84 bits per heavy atom. The molecule has 0 saturated carbocycles. The zero-order valence-electron chi connectivity index (χ0n) is 11.1. The molecule has 2 rings (SSSR count). The number of para-hydroxylation sites is 1. The minimum atomic E-state index is 0.0586. The highest BCUT2D eigenvalue weighted by molar-refractivity contribution is 5.79. The first kappa shape index (κ1) is 13.8. The number of nitrogens with one attached hydrogen (secondary N) is 1. The number of ether oxygens (including phenoxy) is 1. The molecular formula is C15H19NO3. The Kier molecular flexibility index (Phi) is 4.71. The molecule has 1 aromatic heterocycles. The molecule has 0 fully saturated rings. The van der Waals surface area contributed by atoms with Gasteiger partial charge in [0.1, 0.15) is 0 Å². The molecule has 0 atom stereocenters. The fourth-order valence-corrected chi connectivity index (χ4v) is 2.02. The summed E-state index contributed by atoms with van der Waals surface area (Å²) in [5, 5.41) is 9.39. The van der Waals surface area contributed by atoms with Crippen molar-refractivity contribution in [3.05, 3.63) is 45.7 Å². The van der Waals surface area contributed by atoms with Gasteiger partial charge in [-0.3, -0.25) is 4.79 Å². The fraction of sp³-hybridized carbons (Fsp3) is 0.400. The largest absolute Gasteiger partial charge is 0.396 e. The van der Waals surface area contributed by atoms with Gasteiger partial charge in [-0.1, -0.05) is 12.1 Å². The average molecular weight is 261 g/mol. The summed E-state index contributed by atoms with van der Waals surface area (Å²) in [6.45, 7) is 3.00. The van der Waals surface area contributed by atoms with Gasteiger partial charge in [0.2, 0.25) is 0 Å². The van der Waals surface area contributed by atoms with Crippen LogP contribution < -0.4 is 5.43 Å². The Labute approximate surface area is 112 Å². The number of hydrogen-bond acceptors (Lipinski definition) is 3. The molecule has 0 bridgehead atoms. The Hall–Kier alpha value is -1.65. The Balaban J connectivity index is 2.15. The van der Waals surface area contributed by atoms with Crippen molar-refractivity contribution < 1.29 is 9.84 Å². The van der Waals surface area contributed by atoms with Crippen LogP contribution in [-0.4, -0.2) is 23.3 Å². The number of aromatic nitrogens is 1. The van der Waals surface area contributed by atoms with Crippen LogP contribution >= 0.6 is 0 Å². The zero-order valence-corrected chi connectivity index (χ0v) is 11.1. The molecule has 0 radical (unpaired) electrons. The van der Waals surface area contributed by atoms with Crippen molar-refractivity contribution in [1.29, 1.82) is 0 Å². The summed E-state index contributed by atoms with van der Waals surface area (Å²) >= 11 is 0. The molecule has 2 N–H and O–H groups in total. The normalized spacial score (nSPS) is 11.1. The van der Waals surface area contributed by atoms with E-state index >= 15 is 0 Å². The SMILES string of the molecule is Cc1c(COCCCCO)[nH]c2ccccc2c1=O. The van der Waals surface area contributed by atoms with Crippen LogP contribution in [0.5, 0.6) is 0 Å². The van der Waals surface area contributed by atoms with Gasteiger partial charge in [0.05, 0.1) is 6.61 Å². The molecule has 0 unspecified atom stereocenters. The summed E-state index contributed by atoms with van der Waals surface area (Å²) in [5.74, 6) is 0. The van der Waals surface area contributed by atoms with Gasteiger partial charge in [0, 0.05) is 35.4 Å². The fourth-order valence-electron chi connectivity index (χ4n) is 2.02. The molecule has 102 valence electrons. The quantitative estimate of drug-likeness (QED) is 0.783. The lowest BCUT2D eigenvalue weighted by Gasteiger charge is -2.09. The predicted molar refractivity (Wildman–Crippen MR) is 75.3 cm³/mol. The van der Waals surface area contributed by atoms with E-state index in [0.717, 1.165) is 24.1 Å². The van der Waals surface area contributed by atoms with Crippen molar-refractivity contribution >= 4 is 10.9 Å². The van der Waals surface area contributed by atoms with Gasteiger partial charge in [0.15, 0.2) is 5.43 Å². The van der Waals surface area contributed by atoms with E-state index in [9.17, 15) is 4.79 Å². The van der Waals surface area contributed by atoms with Gasteiger partial charge >= 0.3 is 0 Å². The van der Waals surface area contributed by atoms with Crippen molar-refractivity contribution in [2.24, 2.45) is 0 Å². The minimum Gasteiger partial charge on any atom is -0.396 e. The molecule has 0 aliphatic heterocycles. The summed E-state index contributed by atoms with van der Waals surface area (Å²) in [7, 11) is 0. The van der Waals surface area contributed by atoms with E-state index in [1.807, 2.05) is 31.2 Å². The van der Waals surface area contributed by atoms with E-state index in [2.05, 4.69) is 4.98 Å². The number of benzene rings is 1. The standard InChI is InChI=1S/C15H19NO3/c1-11-14(10-19-9-5-4-8-17)16-13-7-3-2-6-12(13)15(11)18/h2-3,6-7,17H,4-5,8-10H2,1H3,(H,16,18). The molecule has 2 aromatic rings. The van der Waals surface area contributed by atoms with Gasteiger partial charge in [-0.25, -0.2) is 0 Å². The smallest absolute Gasteiger partial charge is 0.192 e. The topological polar surface area (TPSA) is 62.3 Å². The van der Waals surface area contributed by atoms with Crippen molar-refractivity contribution in [1.82, 2.24) is 4.98 Å². The van der Waals surface area contributed by atoms with Crippen LogP contribution in [0.2, 0.25) is 0 Å². The lowest BCUT2D eigenvalue weighted by Crippen LogP contribution is -2.12. The Bertz CT molecular complexity index is 604. The second-order valence-corrected chi connectivity index (χ2v) is 4.59. The number of pyridine rings is 1. The molecule has 0 aliphatic rings. The molecular weight excluding hydrogens is 242 g/mol. The second-order valence-electron chi connectivity index (χ2n) is 4.59. The van der Waals surface area contributed by atoms with E-state index in [-0.39, 0.29) is 12.0 Å². The van der Waals surface area contributed by atoms with Crippen LogP contribution in [0.1, 0.15) is 24.1 Å². The minimum absolute atomic E-state index is 0.0586. The maximum atomic E-state index is 12.2. The number of aliphatic hydroxyl groups is 1. The van der Waals surface area contributed by atoms with Crippen LogP contribution in [-0.2, 0) is 11.3 Å². The van der Waals surface area contributed by atoms with Crippen LogP contribution in [0.3, 0.4) is 0 Å². The van der Waals surface area contributed by atoms with Crippen molar-refractivity contribution in [2.75, 3.05) is 13.2 Å². The number of H-pyrrole nitrogens is 1. The van der Waals surface area contributed by atoms with Gasteiger partial charge < -0.3 is 14.8 Å². The van der Waals surface area contributed by atoms with Gasteiger partial charge in [-0.05, 0) is 31.9 Å². The molecule has 4 nitrogen and oxygen atoms in total. The molecule has 4 heteroatoms. The Morgan fingerprint density at radius 2 is 2.05 bits per heavy atom. The summed E-state index contributed by atoms with van der Waals surface area (Å²) in [6, 6.07) is 7.49. The first-order chi connectivity index (χ1) is 9.24. The van der Waals surface area contributed by atoms with Crippen molar-refractivity contribution in [3.8, 4) is 0 Å². The number of aliphatic hydroxyl groups excluding tert-OH is 1. The molecule has 0 aliphatic carbocycles. The van der Waals surface area contributed by atoms with Crippen LogP contribution in [0.15, 0.2) is 29.1 Å². The number of unbranched alkanes of at least 4 members (excludes halogenated alkanes) is 1. The average Bonchev–Trinajstić information content (AvgIpc) is 2.44. The summed E-state index contributed by atoms with van der Waals surface area (Å²) in [4.78, 5) is 15.4. The number of fused-ring (bicyclic) bond motifs is 1. The number of rotatable bonds is 6. The lowest BCUT2D eigenvalue weighted by molar-refractivity contribution is 0.110. The maximum Gasteiger partial charge on any atom is 0.192 e. The van der Waals surface area contributed by atoms with E-state index in [4.69, 9.17) is 9.84 Å². The van der Waals surface area contributed by atoms with E-state index < -0.39 is 0 Å². The first-order valence-electron chi connectivity index (χ1n) is 6.53. The van der Waals surface area contributed by atoms with Gasteiger partial charge in [-0.15, -0.1) is 0 Å². The summed E-state index contributed by atoms with van der Waals surface area (Å²) in [5.41, 5.74) is 2.43. The maximum absolute atomic E-state index is 12.2. The van der Waals surface area contributed by atoms with E-state index in [0.29, 0.717) is 24.2 Å². The van der Waals surface area contributed by atoms with E-state index in [1.165, 1.54) is 0 Å². The molecule has 0 spiro atoms. The zero-order chi connectivity index (χ0) is 13.7. The third-order valence-electron chi connectivity index (χ3n) is 3.19. The predicted octanol–water partition coefficient (Wildman–Crippen LogP) is 2.13. The van der Waals surface area contributed by atoms with Gasteiger partial charge in [-0.2, -0.15) is 0 Å². The molecule has 19 heavy (non-hydrogen) atoms. The molecule has 0 saturated heterocycles. The number of aromatic amines is 1. The van der Waals surface area contributed by atoms with E-state index in [1.54, 1.807) is 0 Å². The lowest BCUT2D eigenvalue weighted by atomic mass is 10.1. The van der Waals surface area contributed by atoms with Crippen LogP contribution in [0.25, 0.3) is 10.9 Å². The van der Waals surface area contributed by atoms with Gasteiger partial charge in [0.25, 0.3) is 0 Å². The molecule has 1 aromatic carbocycles. The van der Waals surface area contributed by atoms with Crippen molar-refractivity contribution in [2.45, 2.75) is 26.4 Å². The Morgan fingerprint density at radius 1 is 1.26 bits per heavy atom. The van der Waals surface area contributed by atoms with Crippen LogP contribution in [0.4, 0.5) is 0 Å². The number of hydrogen-bond donors (Lipinski definition) is 2. The molecule has 0 amide bonds.